The molecule has 0 radical (unpaired) electrons. The van der Waals surface area contributed by atoms with Gasteiger partial charge in [0, 0.05) is 26.9 Å². The summed E-state index contributed by atoms with van der Waals surface area (Å²) in [5, 5.41) is 20.7. The molecule has 224 valence electrons. The largest absolute Gasteiger partial charge is 2.00 e. The third kappa shape index (κ3) is 33.2. The summed E-state index contributed by atoms with van der Waals surface area (Å²) < 4.78 is 0. The third-order valence-electron chi connectivity index (χ3n) is 6.57. The average molecular weight is 581 g/mol. The quantitative estimate of drug-likeness (QED) is 0.126. The van der Waals surface area contributed by atoms with Gasteiger partial charge < -0.3 is 29.6 Å². The number of likely N-dealkylation sites (N-methyl/N-ethyl adjacent to an activating group) is 2. The average Bonchev–Trinajstić information content (AvgIpc) is 2.86. The van der Waals surface area contributed by atoms with Gasteiger partial charge in [-0.2, -0.15) is 0 Å². The van der Waals surface area contributed by atoms with E-state index in [0.717, 1.165) is 25.7 Å². The van der Waals surface area contributed by atoms with Crippen LogP contribution in [0.25, 0.3) is 0 Å². The van der Waals surface area contributed by atoms with Crippen molar-refractivity contribution in [3.05, 3.63) is 0 Å². The maximum Gasteiger partial charge on any atom is 2.00 e. The van der Waals surface area contributed by atoms with Crippen LogP contribution in [0.5, 0.6) is 0 Å². The maximum absolute atomic E-state index is 11.5. The Labute approximate surface area is 268 Å². The number of hydrogen-bond acceptors (Lipinski definition) is 6. The van der Waals surface area contributed by atoms with E-state index in [0.29, 0.717) is 12.8 Å². The van der Waals surface area contributed by atoms with Gasteiger partial charge in [-0.15, -0.1) is 0 Å². The van der Waals surface area contributed by atoms with E-state index in [-0.39, 0.29) is 62.6 Å². The predicted octanol–water partition coefficient (Wildman–Crippen LogP) is 3.85. The summed E-state index contributed by atoms with van der Waals surface area (Å²) in [6.07, 6.45) is 22.6. The zero-order valence-electron chi connectivity index (χ0n) is 25.6. The topological polar surface area (TPSA) is 121 Å². The van der Waals surface area contributed by atoms with Gasteiger partial charge in [0.05, 0.1) is 25.0 Å². The van der Waals surface area contributed by atoms with Crippen molar-refractivity contribution in [1.29, 1.82) is 0 Å². The van der Waals surface area contributed by atoms with Crippen molar-refractivity contribution in [3.8, 4) is 0 Å². The van der Waals surface area contributed by atoms with Crippen molar-refractivity contribution in [1.82, 2.24) is 9.80 Å². The van der Waals surface area contributed by atoms with Crippen molar-refractivity contribution < 1.29 is 29.4 Å². The van der Waals surface area contributed by atoms with Crippen molar-refractivity contribution in [3.63, 3.8) is 0 Å². The molecular formula is C30H56CaN2O6. The summed E-state index contributed by atoms with van der Waals surface area (Å²) in [5.74, 6) is -2.62. The summed E-state index contributed by atoms with van der Waals surface area (Å²) in [6, 6.07) is 0. The second-order valence-corrected chi connectivity index (χ2v) is 10.4. The molecule has 0 spiro atoms. The molecule has 0 aliphatic heterocycles. The van der Waals surface area contributed by atoms with E-state index < -0.39 is 11.9 Å². The fourth-order valence-corrected chi connectivity index (χ4v) is 4.12. The van der Waals surface area contributed by atoms with Gasteiger partial charge in [0.2, 0.25) is 11.8 Å². The van der Waals surface area contributed by atoms with Crippen molar-refractivity contribution in [2.24, 2.45) is 0 Å². The van der Waals surface area contributed by atoms with Crippen LogP contribution in [0, 0.1) is 0 Å². The summed E-state index contributed by atoms with van der Waals surface area (Å²) in [4.78, 5) is 46.2. The van der Waals surface area contributed by atoms with E-state index in [9.17, 15) is 29.4 Å². The van der Waals surface area contributed by atoms with E-state index in [1.54, 1.807) is 0 Å². The van der Waals surface area contributed by atoms with Crippen molar-refractivity contribution >= 4 is 61.5 Å². The fraction of sp³-hybridized carbons (Fsp3) is 0.867. The molecule has 8 nitrogen and oxygen atoms in total. The molecule has 0 aromatic heterocycles. The van der Waals surface area contributed by atoms with Crippen LogP contribution in [-0.4, -0.2) is 98.5 Å². The monoisotopic (exact) mass is 580 g/mol. The minimum absolute atomic E-state index is 0. The Bertz CT molecular complexity index is 566. The first-order valence-electron chi connectivity index (χ1n) is 15.0. The first kappa shape index (κ1) is 42.6. The second kappa shape index (κ2) is 31.7. The number of amides is 2. The minimum Gasteiger partial charge on any atom is -0.548 e. The second-order valence-electron chi connectivity index (χ2n) is 10.4. The molecule has 0 aromatic rings. The van der Waals surface area contributed by atoms with Crippen LogP contribution in [0.3, 0.4) is 0 Å². The SMILES string of the molecule is CCCCCCCCCCCC(=O)N(C)CC(=O)[O-].CCCCCCCCCCCC(=O)N(C)CC(=O)[O-].[Ca+2]. The Morgan fingerprint density at radius 1 is 0.462 bits per heavy atom. The van der Waals surface area contributed by atoms with Crippen LogP contribution in [-0.2, 0) is 19.2 Å². The molecule has 0 bridgehead atoms. The Morgan fingerprint density at radius 2 is 0.692 bits per heavy atom. The van der Waals surface area contributed by atoms with Gasteiger partial charge in [0.15, 0.2) is 0 Å². The van der Waals surface area contributed by atoms with Crippen LogP contribution in [0.2, 0.25) is 0 Å². The Morgan fingerprint density at radius 3 is 0.923 bits per heavy atom. The molecule has 39 heavy (non-hydrogen) atoms. The third-order valence-corrected chi connectivity index (χ3v) is 6.57. The molecule has 0 saturated heterocycles. The molecule has 0 rings (SSSR count). The Hall–Kier alpha value is -0.860. The van der Waals surface area contributed by atoms with Gasteiger partial charge >= 0.3 is 37.7 Å². The normalized spacial score (nSPS) is 10.2. The number of aliphatic carboxylic acids is 2. The number of rotatable bonds is 24. The fourth-order valence-electron chi connectivity index (χ4n) is 4.12. The van der Waals surface area contributed by atoms with Gasteiger partial charge in [0.1, 0.15) is 0 Å². The van der Waals surface area contributed by atoms with Crippen LogP contribution in [0.1, 0.15) is 142 Å². The molecule has 0 unspecified atom stereocenters. The summed E-state index contributed by atoms with van der Waals surface area (Å²) >= 11 is 0. The molecular weight excluding hydrogens is 524 g/mol. The molecule has 0 saturated carbocycles. The summed E-state index contributed by atoms with van der Waals surface area (Å²) in [7, 11) is 3.01. The van der Waals surface area contributed by atoms with E-state index in [2.05, 4.69) is 13.8 Å². The van der Waals surface area contributed by atoms with Crippen LogP contribution in [0.15, 0.2) is 0 Å². The summed E-state index contributed by atoms with van der Waals surface area (Å²) in [6.45, 7) is 3.81. The standard InChI is InChI=1S/2C15H29NO3.Ca/c2*1-3-4-5-6-7-8-9-10-11-12-14(17)16(2)13-15(18)19;/h2*3-13H2,1-2H3,(H,18,19);/q;;+2/p-2. The Balaban J connectivity index is -0.000000648. The number of carbonyl (C=O) groups is 4. The summed E-state index contributed by atoms with van der Waals surface area (Å²) in [5.41, 5.74) is 0. The molecule has 0 aliphatic rings. The van der Waals surface area contributed by atoms with Gasteiger partial charge in [-0.1, -0.05) is 117 Å². The molecule has 0 fully saturated rings. The molecule has 0 N–H and O–H groups in total. The van der Waals surface area contributed by atoms with E-state index in [1.165, 1.54) is 114 Å². The number of carboxylic acids is 2. The number of hydrogen-bond donors (Lipinski definition) is 0. The number of carboxylic acid groups (broad SMARTS) is 2. The first-order valence-corrected chi connectivity index (χ1v) is 15.0. The van der Waals surface area contributed by atoms with E-state index >= 15 is 0 Å². The first-order chi connectivity index (χ1) is 18.1. The number of unbranched alkanes of at least 4 members (excludes halogenated alkanes) is 16. The van der Waals surface area contributed by atoms with Gasteiger partial charge in [-0.25, -0.2) is 0 Å². The number of nitrogens with zero attached hydrogens (tertiary/aromatic N) is 2. The Kier molecular flexibility index (Phi) is 34.6. The molecule has 9 heteroatoms. The van der Waals surface area contributed by atoms with E-state index in [4.69, 9.17) is 0 Å². The molecule has 0 atom stereocenters. The van der Waals surface area contributed by atoms with Crippen molar-refractivity contribution in [2.45, 2.75) is 142 Å². The van der Waals surface area contributed by atoms with E-state index in [1.807, 2.05) is 0 Å². The smallest absolute Gasteiger partial charge is 0.548 e. The van der Waals surface area contributed by atoms with Crippen LogP contribution in [0.4, 0.5) is 0 Å². The molecule has 2 amide bonds. The zero-order chi connectivity index (χ0) is 29.0. The van der Waals surface area contributed by atoms with Crippen LogP contribution < -0.4 is 10.2 Å². The molecule has 0 heterocycles. The zero-order valence-corrected chi connectivity index (χ0v) is 27.8. The van der Waals surface area contributed by atoms with Gasteiger partial charge in [-0.05, 0) is 12.8 Å². The van der Waals surface area contributed by atoms with Crippen molar-refractivity contribution in [2.75, 3.05) is 27.2 Å². The molecule has 0 aromatic carbocycles. The minimum atomic E-state index is -1.21. The predicted molar refractivity (Wildman–Crippen MR) is 155 cm³/mol. The molecule has 0 aliphatic carbocycles. The van der Waals surface area contributed by atoms with Gasteiger partial charge in [0.25, 0.3) is 0 Å². The maximum atomic E-state index is 11.5. The van der Waals surface area contributed by atoms with Gasteiger partial charge in [-0.3, -0.25) is 9.59 Å². The number of carbonyl (C=O) groups excluding carboxylic acids is 4. The van der Waals surface area contributed by atoms with Crippen LogP contribution >= 0.6 is 0 Å².